The SMILES string of the molecule is CN=C(NCc1cc(C(=O)OC)c(C)o1)N1CCN(c2ncccn2)CC1. The molecule has 1 N–H and O–H groups in total. The molecule has 2 aromatic rings. The molecule has 0 unspecified atom stereocenters. The van der Waals surface area contributed by atoms with Crippen LogP contribution < -0.4 is 10.2 Å². The van der Waals surface area contributed by atoms with Crippen LogP contribution in [0.1, 0.15) is 21.9 Å². The number of nitrogens with zero attached hydrogens (tertiary/aromatic N) is 5. The number of piperazine rings is 1. The van der Waals surface area contributed by atoms with Crippen molar-refractivity contribution in [2.75, 3.05) is 45.2 Å². The maximum atomic E-state index is 11.7. The average molecular weight is 372 g/mol. The first kappa shape index (κ1) is 18.7. The number of anilines is 1. The van der Waals surface area contributed by atoms with Gasteiger partial charge in [-0.2, -0.15) is 0 Å². The summed E-state index contributed by atoms with van der Waals surface area (Å²) >= 11 is 0. The summed E-state index contributed by atoms with van der Waals surface area (Å²) in [5, 5.41) is 3.29. The summed E-state index contributed by atoms with van der Waals surface area (Å²) in [4.78, 5) is 29.0. The standard InChI is InChI=1S/C18H24N6O3/c1-13-15(16(25)26-3)11-14(27-13)12-22-17(19-2)23-7-9-24(10-8-23)18-20-5-4-6-21-18/h4-6,11H,7-10,12H2,1-3H3,(H,19,22). The number of methoxy groups -OCH3 is 1. The van der Waals surface area contributed by atoms with Crippen molar-refractivity contribution in [2.24, 2.45) is 4.99 Å². The average Bonchev–Trinajstić information content (AvgIpc) is 3.09. The first-order valence-electron chi connectivity index (χ1n) is 8.77. The minimum Gasteiger partial charge on any atom is -0.465 e. The maximum absolute atomic E-state index is 11.7. The van der Waals surface area contributed by atoms with Crippen molar-refractivity contribution in [3.63, 3.8) is 0 Å². The van der Waals surface area contributed by atoms with Crippen molar-refractivity contribution in [1.82, 2.24) is 20.2 Å². The molecular formula is C18H24N6O3. The van der Waals surface area contributed by atoms with Crippen molar-refractivity contribution in [3.05, 3.63) is 41.6 Å². The van der Waals surface area contributed by atoms with Gasteiger partial charge in [0.15, 0.2) is 5.96 Å². The van der Waals surface area contributed by atoms with Crippen LogP contribution in [0.25, 0.3) is 0 Å². The monoisotopic (exact) mass is 372 g/mol. The van der Waals surface area contributed by atoms with Crippen LogP contribution in [0.4, 0.5) is 5.95 Å². The van der Waals surface area contributed by atoms with Crippen LogP contribution in [0, 0.1) is 6.92 Å². The summed E-state index contributed by atoms with van der Waals surface area (Å²) in [5.74, 6) is 2.35. The molecule has 0 aliphatic carbocycles. The van der Waals surface area contributed by atoms with E-state index in [1.807, 2.05) is 6.07 Å². The number of hydrogen-bond donors (Lipinski definition) is 1. The van der Waals surface area contributed by atoms with Crippen LogP contribution in [0.5, 0.6) is 0 Å². The fraction of sp³-hybridized carbons (Fsp3) is 0.444. The van der Waals surface area contributed by atoms with Gasteiger partial charge in [-0.05, 0) is 19.1 Å². The van der Waals surface area contributed by atoms with Gasteiger partial charge in [0.25, 0.3) is 0 Å². The van der Waals surface area contributed by atoms with Crippen LogP contribution in [0.3, 0.4) is 0 Å². The van der Waals surface area contributed by atoms with Crippen LogP contribution in [0.2, 0.25) is 0 Å². The fourth-order valence-electron chi connectivity index (χ4n) is 3.01. The minimum absolute atomic E-state index is 0.397. The maximum Gasteiger partial charge on any atom is 0.341 e. The van der Waals surface area contributed by atoms with E-state index in [0.29, 0.717) is 23.6 Å². The van der Waals surface area contributed by atoms with E-state index in [1.165, 1.54) is 7.11 Å². The molecule has 144 valence electrons. The van der Waals surface area contributed by atoms with Gasteiger partial charge in [-0.15, -0.1) is 0 Å². The summed E-state index contributed by atoms with van der Waals surface area (Å²) in [5.41, 5.74) is 0.445. The lowest BCUT2D eigenvalue weighted by Crippen LogP contribution is -2.52. The van der Waals surface area contributed by atoms with Crippen LogP contribution in [-0.4, -0.2) is 67.1 Å². The molecule has 27 heavy (non-hydrogen) atoms. The van der Waals surface area contributed by atoms with Crippen LogP contribution in [-0.2, 0) is 11.3 Å². The van der Waals surface area contributed by atoms with Gasteiger partial charge in [-0.3, -0.25) is 4.99 Å². The highest BCUT2D eigenvalue weighted by atomic mass is 16.5. The molecule has 0 spiro atoms. The van der Waals surface area contributed by atoms with Crippen molar-refractivity contribution >= 4 is 17.9 Å². The highest BCUT2D eigenvalue weighted by molar-refractivity contribution is 5.90. The number of nitrogens with one attached hydrogen (secondary N) is 1. The molecule has 0 atom stereocenters. The number of aliphatic imine (C=N–C) groups is 1. The Bertz CT molecular complexity index is 797. The molecule has 1 aliphatic heterocycles. The Morgan fingerprint density at radius 1 is 1.30 bits per heavy atom. The second-order valence-electron chi connectivity index (χ2n) is 6.10. The Balaban J connectivity index is 1.55. The molecule has 0 bridgehead atoms. The summed E-state index contributed by atoms with van der Waals surface area (Å²) in [7, 11) is 3.11. The molecule has 0 saturated carbocycles. The highest BCUT2D eigenvalue weighted by Gasteiger charge is 2.21. The quantitative estimate of drug-likeness (QED) is 0.484. The Labute approximate surface area is 158 Å². The lowest BCUT2D eigenvalue weighted by atomic mass is 10.2. The lowest BCUT2D eigenvalue weighted by Gasteiger charge is -2.36. The minimum atomic E-state index is -0.397. The predicted molar refractivity (Wildman–Crippen MR) is 101 cm³/mol. The molecule has 1 fully saturated rings. The lowest BCUT2D eigenvalue weighted by molar-refractivity contribution is 0.0599. The van der Waals surface area contributed by atoms with Crippen molar-refractivity contribution in [2.45, 2.75) is 13.5 Å². The molecule has 0 radical (unpaired) electrons. The number of carbonyl (C=O) groups is 1. The largest absolute Gasteiger partial charge is 0.465 e. The number of carbonyl (C=O) groups excluding carboxylic acids is 1. The zero-order valence-electron chi connectivity index (χ0n) is 15.8. The summed E-state index contributed by atoms with van der Waals surface area (Å²) in [6.45, 7) is 5.43. The van der Waals surface area contributed by atoms with Crippen molar-refractivity contribution in [1.29, 1.82) is 0 Å². The number of hydrogen-bond acceptors (Lipinski definition) is 7. The molecule has 0 aromatic carbocycles. The molecule has 1 saturated heterocycles. The van der Waals surface area contributed by atoms with Gasteiger partial charge in [0.05, 0.1) is 13.7 Å². The first-order chi connectivity index (χ1) is 13.1. The Kier molecular flexibility index (Phi) is 5.90. The third kappa shape index (κ3) is 4.36. The molecule has 0 amide bonds. The van der Waals surface area contributed by atoms with E-state index in [-0.39, 0.29) is 0 Å². The number of rotatable bonds is 4. The summed E-state index contributed by atoms with van der Waals surface area (Å²) in [6, 6.07) is 3.51. The fourth-order valence-corrected chi connectivity index (χ4v) is 3.01. The van der Waals surface area contributed by atoms with E-state index < -0.39 is 5.97 Å². The molecule has 1 aliphatic rings. The molecule has 9 nitrogen and oxygen atoms in total. The van der Waals surface area contributed by atoms with E-state index in [9.17, 15) is 4.79 Å². The third-order valence-corrected chi connectivity index (χ3v) is 4.42. The third-order valence-electron chi connectivity index (χ3n) is 4.42. The Hall–Kier alpha value is -3.10. The van der Waals surface area contributed by atoms with Gasteiger partial charge in [0.2, 0.25) is 5.95 Å². The summed E-state index contributed by atoms with van der Waals surface area (Å²) in [6.07, 6.45) is 3.51. The normalized spacial score (nSPS) is 15.0. The van der Waals surface area contributed by atoms with Crippen molar-refractivity contribution in [3.8, 4) is 0 Å². The second-order valence-corrected chi connectivity index (χ2v) is 6.10. The molecule has 3 rings (SSSR count). The summed E-state index contributed by atoms with van der Waals surface area (Å²) < 4.78 is 10.4. The van der Waals surface area contributed by atoms with E-state index in [2.05, 4.69) is 30.1 Å². The van der Waals surface area contributed by atoms with Gasteiger partial charge in [0.1, 0.15) is 17.1 Å². The molecule has 9 heteroatoms. The second kappa shape index (κ2) is 8.52. The number of aromatic nitrogens is 2. The van der Waals surface area contributed by atoms with Gasteiger partial charge >= 0.3 is 5.97 Å². The van der Waals surface area contributed by atoms with Gasteiger partial charge in [-0.1, -0.05) is 0 Å². The van der Waals surface area contributed by atoms with Crippen LogP contribution >= 0.6 is 0 Å². The smallest absolute Gasteiger partial charge is 0.341 e. The van der Waals surface area contributed by atoms with Gasteiger partial charge in [-0.25, -0.2) is 14.8 Å². The number of furan rings is 1. The topological polar surface area (TPSA) is 96.1 Å². The number of guanidine groups is 1. The van der Waals surface area contributed by atoms with Gasteiger partial charge in [0, 0.05) is 45.6 Å². The molecule has 3 heterocycles. The van der Waals surface area contributed by atoms with E-state index >= 15 is 0 Å². The zero-order valence-corrected chi connectivity index (χ0v) is 15.8. The predicted octanol–water partition coefficient (Wildman–Crippen LogP) is 1.06. The van der Waals surface area contributed by atoms with E-state index in [0.717, 1.165) is 38.1 Å². The first-order valence-corrected chi connectivity index (χ1v) is 8.77. The van der Waals surface area contributed by atoms with E-state index in [4.69, 9.17) is 9.15 Å². The molecular weight excluding hydrogens is 348 g/mol. The number of esters is 1. The van der Waals surface area contributed by atoms with Gasteiger partial charge < -0.3 is 24.3 Å². The van der Waals surface area contributed by atoms with E-state index in [1.54, 1.807) is 32.4 Å². The molecule has 2 aromatic heterocycles. The van der Waals surface area contributed by atoms with Crippen molar-refractivity contribution < 1.29 is 13.9 Å². The Morgan fingerprint density at radius 2 is 2.00 bits per heavy atom. The zero-order chi connectivity index (χ0) is 19.2. The Morgan fingerprint density at radius 3 is 2.63 bits per heavy atom. The number of ether oxygens (including phenoxy) is 1. The highest BCUT2D eigenvalue weighted by Crippen LogP contribution is 2.16. The number of aryl methyl sites for hydroxylation is 1. The van der Waals surface area contributed by atoms with Crippen LogP contribution in [0.15, 0.2) is 33.9 Å².